The van der Waals surface area contributed by atoms with Gasteiger partial charge in [-0.05, 0) is 12.1 Å². The molecule has 15 heavy (non-hydrogen) atoms. The van der Waals surface area contributed by atoms with Crippen LogP contribution in [0.2, 0.25) is 0 Å². The maximum atomic E-state index is 6.04. The van der Waals surface area contributed by atoms with E-state index in [1.165, 1.54) is 0 Å². The number of ether oxygens (including phenoxy) is 1. The van der Waals surface area contributed by atoms with Crippen molar-refractivity contribution in [2.24, 2.45) is 5.73 Å². The zero-order valence-corrected chi connectivity index (χ0v) is 8.94. The van der Waals surface area contributed by atoms with Crippen LogP contribution in [0.25, 0.3) is 0 Å². The van der Waals surface area contributed by atoms with Crippen LogP contribution in [0.3, 0.4) is 0 Å². The lowest BCUT2D eigenvalue weighted by atomic mass is 10.2. The summed E-state index contributed by atoms with van der Waals surface area (Å²) >= 11 is 0. The van der Waals surface area contributed by atoms with E-state index in [4.69, 9.17) is 10.5 Å². The molecule has 0 aliphatic carbocycles. The first-order valence-corrected chi connectivity index (χ1v) is 5.19. The van der Waals surface area contributed by atoms with Crippen molar-refractivity contribution >= 4 is 5.69 Å². The van der Waals surface area contributed by atoms with E-state index in [1.807, 2.05) is 24.3 Å². The smallest absolute Gasteiger partial charge is 0.142 e. The van der Waals surface area contributed by atoms with Gasteiger partial charge in [0.15, 0.2) is 0 Å². The van der Waals surface area contributed by atoms with E-state index < -0.39 is 0 Å². The molecule has 0 aromatic heterocycles. The molecule has 1 unspecified atom stereocenters. The van der Waals surface area contributed by atoms with E-state index in [1.54, 1.807) is 7.11 Å². The number of benzene rings is 1. The Bertz CT molecular complexity index is 329. The third-order valence-corrected chi connectivity index (χ3v) is 2.68. The molecule has 1 atom stereocenters. The molecule has 0 radical (unpaired) electrons. The van der Waals surface area contributed by atoms with Gasteiger partial charge in [0.1, 0.15) is 5.75 Å². The van der Waals surface area contributed by atoms with Crippen molar-refractivity contribution in [2.75, 3.05) is 31.6 Å². The van der Waals surface area contributed by atoms with Gasteiger partial charge in [0.25, 0.3) is 0 Å². The predicted molar refractivity (Wildman–Crippen MR) is 61.2 cm³/mol. The molecule has 4 heteroatoms. The zero-order chi connectivity index (χ0) is 10.7. The first kappa shape index (κ1) is 10.3. The monoisotopic (exact) mass is 207 g/mol. The van der Waals surface area contributed by atoms with Crippen molar-refractivity contribution in [3.05, 3.63) is 24.3 Å². The molecule has 4 nitrogen and oxygen atoms in total. The molecule has 1 aromatic rings. The molecule has 2 rings (SSSR count). The van der Waals surface area contributed by atoms with Crippen LogP contribution in [0.1, 0.15) is 0 Å². The molecule has 1 aliphatic heterocycles. The van der Waals surface area contributed by atoms with Gasteiger partial charge in [0.2, 0.25) is 0 Å². The molecule has 1 heterocycles. The SMILES string of the molecule is COc1ccccc1N1CCNCC1N. The van der Waals surface area contributed by atoms with Crippen LogP contribution in [0.15, 0.2) is 24.3 Å². The summed E-state index contributed by atoms with van der Waals surface area (Å²) in [6.45, 7) is 2.70. The fraction of sp³-hybridized carbons (Fsp3) is 0.455. The minimum absolute atomic E-state index is 0.0232. The van der Waals surface area contributed by atoms with E-state index >= 15 is 0 Å². The van der Waals surface area contributed by atoms with Crippen molar-refractivity contribution in [3.8, 4) is 5.75 Å². The lowest BCUT2D eigenvalue weighted by Gasteiger charge is -2.36. The molecular formula is C11H17N3O. The summed E-state index contributed by atoms with van der Waals surface area (Å²) < 4.78 is 5.33. The van der Waals surface area contributed by atoms with Gasteiger partial charge in [-0.1, -0.05) is 12.1 Å². The highest BCUT2D eigenvalue weighted by Crippen LogP contribution is 2.28. The van der Waals surface area contributed by atoms with Crippen molar-refractivity contribution in [1.82, 2.24) is 5.32 Å². The van der Waals surface area contributed by atoms with Gasteiger partial charge in [0.05, 0.1) is 19.0 Å². The second kappa shape index (κ2) is 4.51. The fourth-order valence-electron chi connectivity index (χ4n) is 1.89. The second-order valence-corrected chi connectivity index (χ2v) is 3.64. The number of anilines is 1. The number of nitrogens with one attached hydrogen (secondary N) is 1. The minimum Gasteiger partial charge on any atom is -0.495 e. The average Bonchev–Trinajstić information content (AvgIpc) is 2.30. The Hall–Kier alpha value is -1.26. The van der Waals surface area contributed by atoms with E-state index in [2.05, 4.69) is 10.2 Å². The summed E-state index contributed by atoms with van der Waals surface area (Å²) in [6, 6.07) is 7.98. The number of hydrogen-bond acceptors (Lipinski definition) is 4. The Morgan fingerprint density at radius 1 is 1.47 bits per heavy atom. The van der Waals surface area contributed by atoms with Gasteiger partial charge >= 0.3 is 0 Å². The Morgan fingerprint density at radius 3 is 3.00 bits per heavy atom. The predicted octanol–water partition coefficient (Wildman–Crippen LogP) is 0.390. The van der Waals surface area contributed by atoms with Crippen LogP contribution < -0.4 is 20.7 Å². The van der Waals surface area contributed by atoms with Crippen LogP contribution in [0.4, 0.5) is 5.69 Å². The van der Waals surface area contributed by atoms with Crippen molar-refractivity contribution in [1.29, 1.82) is 0 Å². The normalized spacial score (nSPS) is 21.5. The minimum atomic E-state index is 0.0232. The number of nitrogens with two attached hydrogens (primary N) is 1. The summed E-state index contributed by atoms with van der Waals surface area (Å²) in [6.07, 6.45) is 0.0232. The lowest BCUT2D eigenvalue weighted by molar-refractivity contribution is 0.408. The van der Waals surface area contributed by atoms with E-state index in [-0.39, 0.29) is 6.17 Å². The van der Waals surface area contributed by atoms with Gasteiger partial charge in [0, 0.05) is 19.6 Å². The zero-order valence-electron chi connectivity index (χ0n) is 8.94. The maximum absolute atomic E-state index is 6.04. The highest BCUT2D eigenvalue weighted by atomic mass is 16.5. The van der Waals surface area contributed by atoms with Crippen molar-refractivity contribution < 1.29 is 4.74 Å². The Morgan fingerprint density at radius 2 is 2.27 bits per heavy atom. The maximum Gasteiger partial charge on any atom is 0.142 e. The van der Waals surface area contributed by atoms with Gasteiger partial charge in [-0.3, -0.25) is 0 Å². The van der Waals surface area contributed by atoms with E-state index in [0.717, 1.165) is 31.1 Å². The number of hydrogen-bond donors (Lipinski definition) is 2. The second-order valence-electron chi connectivity index (χ2n) is 3.64. The largest absolute Gasteiger partial charge is 0.495 e. The summed E-state index contributed by atoms with van der Waals surface area (Å²) in [5, 5.41) is 3.26. The molecule has 0 spiro atoms. The molecular weight excluding hydrogens is 190 g/mol. The number of nitrogens with zero attached hydrogens (tertiary/aromatic N) is 1. The molecule has 1 aromatic carbocycles. The average molecular weight is 207 g/mol. The summed E-state index contributed by atoms with van der Waals surface area (Å²) in [4.78, 5) is 2.18. The Labute approximate surface area is 90.0 Å². The lowest BCUT2D eigenvalue weighted by Crippen LogP contribution is -2.56. The summed E-state index contributed by atoms with van der Waals surface area (Å²) in [5.74, 6) is 0.884. The van der Waals surface area contributed by atoms with Gasteiger partial charge in [-0.15, -0.1) is 0 Å². The van der Waals surface area contributed by atoms with Crippen LogP contribution in [-0.2, 0) is 0 Å². The third-order valence-electron chi connectivity index (χ3n) is 2.68. The molecule has 3 N–H and O–H groups in total. The highest BCUT2D eigenvalue weighted by Gasteiger charge is 2.20. The standard InChI is InChI=1S/C11H17N3O/c1-15-10-5-3-2-4-9(10)14-7-6-13-8-11(14)12/h2-5,11,13H,6-8,12H2,1H3. The van der Waals surface area contributed by atoms with Crippen molar-refractivity contribution in [3.63, 3.8) is 0 Å². The van der Waals surface area contributed by atoms with Gasteiger partial charge in [-0.2, -0.15) is 0 Å². The molecule has 0 bridgehead atoms. The number of para-hydroxylation sites is 2. The van der Waals surface area contributed by atoms with Crippen LogP contribution >= 0.6 is 0 Å². The molecule has 82 valence electrons. The van der Waals surface area contributed by atoms with Crippen LogP contribution in [-0.4, -0.2) is 32.9 Å². The van der Waals surface area contributed by atoms with Gasteiger partial charge in [-0.25, -0.2) is 0 Å². The van der Waals surface area contributed by atoms with Crippen LogP contribution in [0.5, 0.6) is 5.75 Å². The number of methoxy groups -OCH3 is 1. The molecule has 1 aliphatic rings. The molecule has 0 saturated carbocycles. The highest BCUT2D eigenvalue weighted by molar-refractivity contribution is 5.59. The molecule has 1 saturated heterocycles. The first-order valence-electron chi connectivity index (χ1n) is 5.19. The quantitative estimate of drug-likeness (QED) is 0.736. The summed E-state index contributed by atoms with van der Waals surface area (Å²) in [7, 11) is 1.69. The fourth-order valence-corrected chi connectivity index (χ4v) is 1.89. The van der Waals surface area contributed by atoms with Crippen molar-refractivity contribution in [2.45, 2.75) is 6.17 Å². The Balaban J connectivity index is 2.26. The van der Waals surface area contributed by atoms with E-state index in [9.17, 15) is 0 Å². The summed E-state index contributed by atoms with van der Waals surface area (Å²) in [5.41, 5.74) is 7.12. The number of rotatable bonds is 2. The van der Waals surface area contributed by atoms with Gasteiger partial charge < -0.3 is 20.7 Å². The Kier molecular flexibility index (Phi) is 3.08. The number of piperazine rings is 1. The van der Waals surface area contributed by atoms with Crippen LogP contribution in [0, 0.1) is 0 Å². The molecule has 0 amide bonds. The third kappa shape index (κ3) is 2.06. The van der Waals surface area contributed by atoms with E-state index in [0.29, 0.717) is 0 Å². The first-order chi connectivity index (χ1) is 7.33. The topological polar surface area (TPSA) is 50.5 Å². The molecule has 1 fully saturated rings.